The van der Waals surface area contributed by atoms with Gasteiger partial charge in [0, 0.05) is 43.3 Å². The largest absolute Gasteiger partial charge is 0.359 e. The molecular weight excluding hydrogens is 270 g/mol. The van der Waals surface area contributed by atoms with Crippen LogP contribution in [-0.4, -0.2) is 43.7 Å². The van der Waals surface area contributed by atoms with Gasteiger partial charge in [-0.15, -0.1) is 11.8 Å². The maximum absolute atomic E-state index is 12.3. The molecule has 1 heterocycles. The molecule has 0 radical (unpaired) electrons. The second-order valence-electron chi connectivity index (χ2n) is 5.25. The molecule has 0 aromatic heterocycles. The Balaban J connectivity index is 2.37. The first kappa shape index (κ1) is 15.2. The maximum atomic E-state index is 12.3. The van der Waals surface area contributed by atoms with E-state index in [1.54, 1.807) is 16.7 Å². The Morgan fingerprint density at radius 1 is 1.50 bits per heavy atom. The molecule has 1 unspecified atom stereocenters. The zero-order valence-corrected chi connectivity index (χ0v) is 13.2. The summed E-state index contributed by atoms with van der Waals surface area (Å²) < 4.78 is 0. The lowest BCUT2D eigenvalue weighted by Crippen LogP contribution is -2.43. The molecule has 5 heteroatoms. The predicted molar refractivity (Wildman–Crippen MR) is 85.2 cm³/mol. The molecule has 4 nitrogen and oxygen atoms in total. The lowest BCUT2D eigenvalue weighted by atomic mass is 10.1. The minimum absolute atomic E-state index is 0.0487. The average molecular weight is 293 g/mol. The highest BCUT2D eigenvalue weighted by Crippen LogP contribution is 2.34. The van der Waals surface area contributed by atoms with Crippen molar-refractivity contribution in [2.45, 2.75) is 30.3 Å². The van der Waals surface area contributed by atoms with E-state index in [-0.39, 0.29) is 11.9 Å². The molecular formula is C15H23N3OS. The van der Waals surface area contributed by atoms with Crippen molar-refractivity contribution < 1.29 is 4.79 Å². The highest BCUT2D eigenvalue weighted by molar-refractivity contribution is 7.98. The van der Waals surface area contributed by atoms with Crippen molar-refractivity contribution in [3.05, 3.63) is 23.8 Å². The number of amides is 1. The molecule has 1 saturated heterocycles. The third-order valence-corrected chi connectivity index (χ3v) is 4.64. The fourth-order valence-electron chi connectivity index (χ4n) is 2.83. The minimum Gasteiger partial charge on any atom is -0.359 e. The van der Waals surface area contributed by atoms with Gasteiger partial charge in [-0.25, -0.2) is 0 Å². The average Bonchev–Trinajstić information content (AvgIpc) is 2.94. The van der Waals surface area contributed by atoms with E-state index in [0.717, 1.165) is 30.6 Å². The quantitative estimate of drug-likeness (QED) is 0.862. The van der Waals surface area contributed by atoms with E-state index in [0.29, 0.717) is 6.54 Å². The van der Waals surface area contributed by atoms with E-state index in [1.807, 2.05) is 14.1 Å². The Labute approximate surface area is 125 Å². The lowest BCUT2D eigenvalue weighted by molar-refractivity contribution is -0.129. The summed E-state index contributed by atoms with van der Waals surface area (Å²) in [7, 11) is 3.64. The number of thioether (sulfide) groups is 1. The molecule has 20 heavy (non-hydrogen) atoms. The van der Waals surface area contributed by atoms with Gasteiger partial charge in [0.1, 0.15) is 6.04 Å². The summed E-state index contributed by atoms with van der Waals surface area (Å²) in [5.41, 5.74) is 8.21. The molecule has 0 aliphatic carbocycles. The third-order valence-electron chi connectivity index (χ3n) is 3.82. The number of anilines is 1. The van der Waals surface area contributed by atoms with Crippen molar-refractivity contribution in [2.75, 3.05) is 31.8 Å². The number of carbonyl (C=O) groups excluding carboxylic acids is 1. The topological polar surface area (TPSA) is 49.6 Å². The number of carbonyl (C=O) groups is 1. The van der Waals surface area contributed by atoms with E-state index in [1.165, 1.54) is 4.90 Å². The molecule has 2 N–H and O–H groups in total. The van der Waals surface area contributed by atoms with Gasteiger partial charge in [0.15, 0.2) is 0 Å². The van der Waals surface area contributed by atoms with E-state index < -0.39 is 0 Å². The Morgan fingerprint density at radius 3 is 2.85 bits per heavy atom. The van der Waals surface area contributed by atoms with Crippen molar-refractivity contribution >= 4 is 23.4 Å². The van der Waals surface area contributed by atoms with Crippen molar-refractivity contribution in [3.8, 4) is 0 Å². The van der Waals surface area contributed by atoms with Crippen molar-refractivity contribution in [1.29, 1.82) is 0 Å². The van der Waals surface area contributed by atoms with Crippen LogP contribution >= 0.6 is 11.8 Å². The number of nitrogens with two attached hydrogens (primary N) is 1. The molecule has 0 bridgehead atoms. The standard InChI is InChI=1S/C15H23N3OS/c1-17(2)15(19)13-7-5-9-18(13)12-6-4-8-14(20-3)11(12)10-16/h4,6,8,13H,5,7,9-10,16H2,1-3H3. The van der Waals surface area contributed by atoms with Gasteiger partial charge in [-0.05, 0) is 31.2 Å². The summed E-state index contributed by atoms with van der Waals surface area (Å²) >= 11 is 1.71. The normalized spacial score (nSPS) is 18.4. The molecule has 1 aromatic rings. The van der Waals surface area contributed by atoms with Crippen LogP contribution in [0.25, 0.3) is 0 Å². The van der Waals surface area contributed by atoms with E-state index in [9.17, 15) is 4.79 Å². The summed E-state index contributed by atoms with van der Waals surface area (Å²) in [5, 5.41) is 0. The van der Waals surface area contributed by atoms with E-state index in [2.05, 4.69) is 29.4 Å². The summed E-state index contributed by atoms with van der Waals surface area (Å²) in [5.74, 6) is 0.181. The van der Waals surface area contributed by atoms with E-state index in [4.69, 9.17) is 5.73 Å². The molecule has 110 valence electrons. The molecule has 1 amide bonds. The number of likely N-dealkylation sites (N-methyl/N-ethyl adjacent to an activating group) is 1. The molecule has 1 aromatic carbocycles. The molecule has 1 atom stereocenters. The number of hydrogen-bond acceptors (Lipinski definition) is 4. The predicted octanol–water partition coefficient (Wildman–Crippen LogP) is 1.92. The van der Waals surface area contributed by atoms with E-state index >= 15 is 0 Å². The maximum Gasteiger partial charge on any atom is 0.244 e. The fourth-order valence-corrected chi connectivity index (χ4v) is 3.48. The molecule has 1 fully saturated rings. The van der Waals surface area contributed by atoms with Gasteiger partial charge >= 0.3 is 0 Å². The third kappa shape index (κ3) is 2.79. The van der Waals surface area contributed by atoms with Gasteiger partial charge in [0.05, 0.1) is 0 Å². The number of nitrogens with zero attached hydrogens (tertiary/aromatic N) is 2. The van der Waals surface area contributed by atoms with Gasteiger partial charge in [-0.2, -0.15) is 0 Å². The highest BCUT2D eigenvalue weighted by Gasteiger charge is 2.33. The zero-order chi connectivity index (χ0) is 14.7. The molecule has 0 spiro atoms. The summed E-state index contributed by atoms with van der Waals surface area (Å²) in [6.07, 6.45) is 4.03. The van der Waals surface area contributed by atoms with Crippen LogP contribution in [-0.2, 0) is 11.3 Å². The highest BCUT2D eigenvalue weighted by atomic mass is 32.2. The first-order valence-electron chi connectivity index (χ1n) is 6.94. The van der Waals surface area contributed by atoms with Crippen LogP contribution < -0.4 is 10.6 Å². The number of rotatable bonds is 4. The van der Waals surface area contributed by atoms with Gasteiger partial charge < -0.3 is 15.5 Å². The summed E-state index contributed by atoms with van der Waals surface area (Å²) in [4.78, 5) is 17.4. The van der Waals surface area contributed by atoms with Crippen LogP contribution in [0.4, 0.5) is 5.69 Å². The number of benzene rings is 1. The van der Waals surface area contributed by atoms with Crippen LogP contribution in [0.1, 0.15) is 18.4 Å². The van der Waals surface area contributed by atoms with Crippen LogP contribution in [0, 0.1) is 0 Å². The SMILES string of the molecule is CSc1cccc(N2CCCC2C(=O)N(C)C)c1CN. The number of hydrogen-bond donors (Lipinski definition) is 1. The van der Waals surface area contributed by atoms with Crippen molar-refractivity contribution in [2.24, 2.45) is 5.73 Å². The smallest absolute Gasteiger partial charge is 0.244 e. The second-order valence-corrected chi connectivity index (χ2v) is 6.09. The van der Waals surface area contributed by atoms with Gasteiger partial charge in [-0.1, -0.05) is 6.07 Å². The molecule has 1 aliphatic rings. The second kappa shape index (κ2) is 6.50. The Kier molecular flexibility index (Phi) is 4.94. The van der Waals surface area contributed by atoms with Crippen LogP contribution in [0.15, 0.2) is 23.1 Å². The van der Waals surface area contributed by atoms with Crippen LogP contribution in [0.5, 0.6) is 0 Å². The molecule has 0 saturated carbocycles. The van der Waals surface area contributed by atoms with Gasteiger partial charge in [0.25, 0.3) is 0 Å². The monoisotopic (exact) mass is 293 g/mol. The summed E-state index contributed by atoms with van der Waals surface area (Å²) in [6.45, 7) is 1.43. The Bertz CT molecular complexity index is 490. The zero-order valence-electron chi connectivity index (χ0n) is 12.4. The van der Waals surface area contributed by atoms with Gasteiger partial charge in [-0.3, -0.25) is 4.79 Å². The molecule has 1 aliphatic heterocycles. The Morgan fingerprint density at radius 2 is 2.25 bits per heavy atom. The molecule has 2 rings (SSSR count). The van der Waals surface area contributed by atoms with Crippen LogP contribution in [0.2, 0.25) is 0 Å². The van der Waals surface area contributed by atoms with Crippen LogP contribution in [0.3, 0.4) is 0 Å². The summed E-state index contributed by atoms with van der Waals surface area (Å²) in [6, 6.07) is 6.18. The van der Waals surface area contributed by atoms with Crippen molar-refractivity contribution in [1.82, 2.24) is 4.90 Å². The van der Waals surface area contributed by atoms with Crippen molar-refractivity contribution in [3.63, 3.8) is 0 Å². The lowest BCUT2D eigenvalue weighted by Gasteiger charge is -2.30. The fraction of sp³-hybridized carbons (Fsp3) is 0.533. The minimum atomic E-state index is -0.0487. The Hall–Kier alpha value is -1.20. The first-order valence-corrected chi connectivity index (χ1v) is 8.16. The first-order chi connectivity index (χ1) is 9.60. The van der Waals surface area contributed by atoms with Gasteiger partial charge in [0.2, 0.25) is 5.91 Å².